The quantitative estimate of drug-likeness (QED) is 0.672. The minimum atomic E-state index is -0.151. The summed E-state index contributed by atoms with van der Waals surface area (Å²) in [6.07, 6.45) is 6.00. The van der Waals surface area contributed by atoms with Crippen LogP contribution in [0.4, 0.5) is 0 Å². The van der Waals surface area contributed by atoms with Crippen molar-refractivity contribution in [1.29, 1.82) is 0 Å². The van der Waals surface area contributed by atoms with Gasteiger partial charge in [0.05, 0.1) is 24.8 Å². The Hall–Kier alpha value is -1.93. The molecule has 2 saturated heterocycles. The average molecular weight is 447 g/mol. The van der Waals surface area contributed by atoms with E-state index in [0.29, 0.717) is 19.8 Å². The summed E-state index contributed by atoms with van der Waals surface area (Å²) in [6.45, 7) is 4.21. The topological polar surface area (TPSA) is 58.9 Å². The molecular weight excluding hydrogens is 420 g/mol. The second-order valence-corrected chi connectivity index (χ2v) is 8.84. The van der Waals surface area contributed by atoms with Crippen LogP contribution >= 0.6 is 23.7 Å². The maximum absolute atomic E-state index is 13.1. The standard InChI is InChI=1S/C22H26N4O2S.ClH/c27-20(17-14-23-8-12-28-16-17)25-9-6-22(7-10-25,18-4-2-1-3-5-18)19-15-26-11-13-29-21(26)24-19;/h1-5,11,13,15,17,23H,6-10,12,14,16H2;1H. The first-order valence-electron chi connectivity index (χ1n) is 10.3. The van der Waals surface area contributed by atoms with Crippen LogP contribution in [0.3, 0.4) is 0 Å². The number of carbonyl (C=O) groups excluding carboxylic acids is 1. The lowest BCUT2D eigenvalue weighted by molar-refractivity contribution is -0.138. The Morgan fingerprint density at radius 1 is 1.23 bits per heavy atom. The van der Waals surface area contributed by atoms with Crippen molar-refractivity contribution < 1.29 is 9.53 Å². The zero-order valence-electron chi connectivity index (χ0n) is 16.8. The summed E-state index contributed by atoms with van der Waals surface area (Å²) in [5.41, 5.74) is 2.25. The van der Waals surface area contributed by atoms with Gasteiger partial charge < -0.3 is 15.0 Å². The summed E-state index contributed by atoms with van der Waals surface area (Å²) in [5, 5.41) is 5.37. The fourth-order valence-electron chi connectivity index (χ4n) is 4.64. The molecule has 0 spiro atoms. The number of ether oxygens (including phenoxy) is 1. The van der Waals surface area contributed by atoms with Crippen LogP contribution in [0.1, 0.15) is 24.1 Å². The molecule has 160 valence electrons. The molecule has 2 fully saturated rings. The van der Waals surface area contributed by atoms with Crippen molar-refractivity contribution in [3.8, 4) is 0 Å². The summed E-state index contributed by atoms with van der Waals surface area (Å²) < 4.78 is 7.71. The molecule has 1 unspecified atom stereocenters. The minimum Gasteiger partial charge on any atom is -0.379 e. The number of hydrogen-bond donors (Lipinski definition) is 1. The normalized spacial score (nSPS) is 21.7. The third kappa shape index (κ3) is 3.87. The Kier molecular flexibility index (Phi) is 6.43. The number of fused-ring (bicyclic) bond motifs is 1. The highest BCUT2D eigenvalue weighted by Crippen LogP contribution is 2.41. The Morgan fingerprint density at radius 2 is 2.03 bits per heavy atom. The maximum atomic E-state index is 13.1. The third-order valence-electron chi connectivity index (χ3n) is 6.32. The van der Waals surface area contributed by atoms with Gasteiger partial charge in [-0.1, -0.05) is 30.3 Å². The Morgan fingerprint density at radius 3 is 2.80 bits per heavy atom. The van der Waals surface area contributed by atoms with Crippen LogP contribution in [0.15, 0.2) is 48.1 Å². The number of nitrogens with one attached hydrogen (secondary N) is 1. The highest BCUT2D eigenvalue weighted by atomic mass is 35.5. The monoisotopic (exact) mass is 446 g/mol. The van der Waals surface area contributed by atoms with Crippen LogP contribution in [-0.4, -0.2) is 59.6 Å². The molecule has 2 aliphatic rings. The molecule has 5 rings (SSSR count). The van der Waals surface area contributed by atoms with Crippen molar-refractivity contribution in [3.05, 3.63) is 59.4 Å². The molecule has 0 radical (unpaired) electrons. The number of rotatable bonds is 3. The second kappa shape index (κ2) is 9.06. The molecule has 1 atom stereocenters. The van der Waals surface area contributed by atoms with Crippen molar-refractivity contribution in [2.45, 2.75) is 18.3 Å². The number of aromatic nitrogens is 2. The number of piperidine rings is 1. The molecule has 0 bridgehead atoms. The number of likely N-dealkylation sites (tertiary alicyclic amines) is 1. The van der Waals surface area contributed by atoms with E-state index < -0.39 is 0 Å². The van der Waals surface area contributed by atoms with E-state index in [1.54, 1.807) is 11.3 Å². The number of carbonyl (C=O) groups is 1. The smallest absolute Gasteiger partial charge is 0.229 e. The number of hydrogen-bond acceptors (Lipinski definition) is 5. The Labute approximate surface area is 186 Å². The van der Waals surface area contributed by atoms with E-state index in [4.69, 9.17) is 9.72 Å². The number of amides is 1. The van der Waals surface area contributed by atoms with Gasteiger partial charge in [0.15, 0.2) is 4.96 Å². The first-order valence-corrected chi connectivity index (χ1v) is 11.2. The largest absolute Gasteiger partial charge is 0.379 e. The first kappa shape index (κ1) is 21.3. The van der Waals surface area contributed by atoms with Gasteiger partial charge in [-0.15, -0.1) is 23.7 Å². The van der Waals surface area contributed by atoms with Gasteiger partial charge in [0.2, 0.25) is 5.91 Å². The van der Waals surface area contributed by atoms with E-state index >= 15 is 0 Å². The van der Waals surface area contributed by atoms with Crippen molar-refractivity contribution in [2.24, 2.45) is 5.92 Å². The molecule has 4 heterocycles. The molecule has 0 aliphatic carbocycles. The SMILES string of the molecule is Cl.O=C(C1CNCCOC1)N1CCC(c2ccccc2)(c2cn3ccsc3n2)CC1. The molecule has 3 aromatic rings. The number of benzene rings is 1. The van der Waals surface area contributed by atoms with Gasteiger partial charge >= 0.3 is 0 Å². The van der Waals surface area contributed by atoms with Gasteiger partial charge in [-0.05, 0) is 18.4 Å². The lowest BCUT2D eigenvalue weighted by Crippen LogP contribution is -2.49. The molecule has 2 aliphatic heterocycles. The minimum absolute atomic E-state index is 0. The first-order chi connectivity index (χ1) is 14.3. The van der Waals surface area contributed by atoms with Gasteiger partial charge in [0.25, 0.3) is 0 Å². The fourth-order valence-corrected chi connectivity index (χ4v) is 5.34. The Balaban J connectivity index is 0.00000218. The lowest BCUT2D eigenvalue weighted by Gasteiger charge is -2.42. The van der Waals surface area contributed by atoms with Gasteiger partial charge in [-0.2, -0.15) is 0 Å². The van der Waals surface area contributed by atoms with E-state index in [-0.39, 0.29) is 29.6 Å². The van der Waals surface area contributed by atoms with Gasteiger partial charge in [0, 0.05) is 49.4 Å². The van der Waals surface area contributed by atoms with E-state index in [2.05, 4.69) is 57.8 Å². The molecule has 1 N–H and O–H groups in total. The summed E-state index contributed by atoms with van der Waals surface area (Å²) in [6, 6.07) is 10.7. The second-order valence-electron chi connectivity index (χ2n) is 7.97. The summed E-state index contributed by atoms with van der Waals surface area (Å²) in [4.78, 5) is 21.1. The zero-order valence-corrected chi connectivity index (χ0v) is 18.5. The van der Waals surface area contributed by atoms with Crippen LogP contribution in [0.5, 0.6) is 0 Å². The lowest BCUT2D eigenvalue weighted by atomic mass is 9.70. The van der Waals surface area contributed by atoms with E-state index in [0.717, 1.165) is 43.1 Å². The molecule has 1 amide bonds. The van der Waals surface area contributed by atoms with E-state index in [9.17, 15) is 4.79 Å². The van der Waals surface area contributed by atoms with Gasteiger partial charge in [-0.25, -0.2) is 4.98 Å². The van der Waals surface area contributed by atoms with Crippen LogP contribution in [0.25, 0.3) is 4.96 Å². The molecular formula is C22H27ClN4O2S. The van der Waals surface area contributed by atoms with Crippen molar-refractivity contribution in [3.63, 3.8) is 0 Å². The predicted octanol–water partition coefficient (Wildman–Crippen LogP) is 2.96. The van der Waals surface area contributed by atoms with Crippen molar-refractivity contribution in [1.82, 2.24) is 19.6 Å². The summed E-state index contributed by atoms with van der Waals surface area (Å²) >= 11 is 1.66. The van der Waals surface area contributed by atoms with Crippen LogP contribution in [-0.2, 0) is 14.9 Å². The Bertz CT molecular complexity index is 945. The number of halogens is 1. The van der Waals surface area contributed by atoms with E-state index in [1.807, 2.05) is 4.90 Å². The number of nitrogens with zero attached hydrogens (tertiary/aromatic N) is 3. The molecule has 6 nitrogen and oxygen atoms in total. The third-order valence-corrected chi connectivity index (χ3v) is 7.09. The predicted molar refractivity (Wildman–Crippen MR) is 121 cm³/mol. The molecule has 1 aromatic carbocycles. The van der Waals surface area contributed by atoms with Gasteiger partial charge in [0.1, 0.15) is 0 Å². The van der Waals surface area contributed by atoms with Crippen molar-refractivity contribution in [2.75, 3.05) is 39.4 Å². The van der Waals surface area contributed by atoms with Crippen molar-refractivity contribution >= 4 is 34.6 Å². The molecule has 2 aromatic heterocycles. The van der Waals surface area contributed by atoms with E-state index in [1.165, 1.54) is 5.56 Å². The zero-order chi connectivity index (χ0) is 19.7. The van der Waals surface area contributed by atoms with Gasteiger partial charge in [-0.3, -0.25) is 9.20 Å². The number of imidazole rings is 1. The fraction of sp³-hybridized carbons (Fsp3) is 0.455. The highest BCUT2D eigenvalue weighted by Gasteiger charge is 2.41. The summed E-state index contributed by atoms with van der Waals surface area (Å²) in [5.74, 6) is 0.131. The average Bonchev–Trinajstić information content (AvgIpc) is 3.27. The highest BCUT2D eigenvalue weighted by molar-refractivity contribution is 7.15. The van der Waals surface area contributed by atoms with Crippen LogP contribution in [0.2, 0.25) is 0 Å². The molecule has 8 heteroatoms. The number of thiazole rings is 1. The van der Waals surface area contributed by atoms with Crippen LogP contribution < -0.4 is 5.32 Å². The molecule has 30 heavy (non-hydrogen) atoms. The summed E-state index contributed by atoms with van der Waals surface area (Å²) in [7, 11) is 0. The maximum Gasteiger partial charge on any atom is 0.229 e. The molecule has 0 saturated carbocycles. The van der Waals surface area contributed by atoms with Crippen LogP contribution in [0, 0.1) is 5.92 Å².